The molecule has 1 N–H and O–H groups in total. The predicted octanol–water partition coefficient (Wildman–Crippen LogP) is 3.96. The van der Waals surface area contributed by atoms with Gasteiger partial charge < -0.3 is 10.1 Å². The molecule has 0 aliphatic carbocycles. The average molecular weight is 340 g/mol. The first-order chi connectivity index (χ1) is 11.7. The zero-order chi connectivity index (χ0) is 16.8. The fraction of sp³-hybridized carbons (Fsp3) is 0.0556. The molecule has 5 nitrogen and oxygen atoms in total. The molecule has 1 heterocycles. The Morgan fingerprint density at radius 2 is 1.92 bits per heavy atom. The van der Waals surface area contributed by atoms with Crippen molar-refractivity contribution in [2.75, 3.05) is 5.32 Å². The Labute approximate surface area is 144 Å². The second-order valence-electron chi connectivity index (χ2n) is 5.00. The lowest BCUT2D eigenvalue weighted by molar-refractivity contribution is 0.102. The van der Waals surface area contributed by atoms with Gasteiger partial charge in [-0.15, -0.1) is 0 Å². The summed E-state index contributed by atoms with van der Waals surface area (Å²) in [4.78, 5) is 12.1. The number of amides is 1. The van der Waals surface area contributed by atoms with Crippen molar-refractivity contribution in [1.82, 2.24) is 10.2 Å². The highest BCUT2D eigenvalue weighted by molar-refractivity contribution is 6.32. The van der Waals surface area contributed by atoms with Crippen molar-refractivity contribution in [2.24, 2.45) is 0 Å². The van der Waals surface area contributed by atoms with E-state index in [1.165, 1.54) is 12.4 Å². The third-order valence-corrected chi connectivity index (χ3v) is 3.57. The molecule has 0 radical (unpaired) electrons. The minimum absolute atomic E-state index is 0.279. The molecule has 24 heavy (non-hydrogen) atoms. The maximum Gasteiger partial charge on any atom is 0.257 e. The van der Waals surface area contributed by atoms with E-state index in [2.05, 4.69) is 15.5 Å². The van der Waals surface area contributed by atoms with Crippen LogP contribution in [0.3, 0.4) is 0 Å². The molecule has 0 bridgehead atoms. The number of hydrogen-bond acceptors (Lipinski definition) is 4. The van der Waals surface area contributed by atoms with Crippen LogP contribution < -0.4 is 10.1 Å². The third-order valence-electron chi connectivity index (χ3n) is 3.27. The summed E-state index contributed by atoms with van der Waals surface area (Å²) in [6.45, 7) is 0.426. The molecule has 3 aromatic rings. The van der Waals surface area contributed by atoms with Crippen molar-refractivity contribution < 1.29 is 9.53 Å². The van der Waals surface area contributed by atoms with E-state index in [4.69, 9.17) is 16.3 Å². The Hall–Kier alpha value is -2.92. The minimum atomic E-state index is -0.279. The van der Waals surface area contributed by atoms with Crippen LogP contribution >= 0.6 is 11.6 Å². The van der Waals surface area contributed by atoms with Crippen LogP contribution in [0.15, 0.2) is 67.0 Å². The topological polar surface area (TPSA) is 64.1 Å². The molecule has 0 aliphatic rings. The van der Waals surface area contributed by atoms with Crippen LogP contribution in [0.2, 0.25) is 5.02 Å². The van der Waals surface area contributed by atoms with Gasteiger partial charge in [-0.25, -0.2) is 0 Å². The van der Waals surface area contributed by atoms with Crippen molar-refractivity contribution in [2.45, 2.75) is 6.61 Å². The van der Waals surface area contributed by atoms with Crippen LogP contribution in [0.5, 0.6) is 5.75 Å². The van der Waals surface area contributed by atoms with Gasteiger partial charge in [0.25, 0.3) is 5.91 Å². The summed E-state index contributed by atoms with van der Waals surface area (Å²) in [5.74, 6) is 0.281. The van der Waals surface area contributed by atoms with Crippen LogP contribution in [-0.2, 0) is 6.61 Å². The van der Waals surface area contributed by atoms with Gasteiger partial charge in [-0.05, 0) is 29.8 Å². The van der Waals surface area contributed by atoms with Crippen LogP contribution in [0.1, 0.15) is 15.9 Å². The van der Waals surface area contributed by atoms with Crippen molar-refractivity contribution in [1.29, 1.82) is 0 Å². The van der Waals surface area contributed by atoms with Crippen LogP contribution in [0.25, 0.3) is 0 Å². The first kappa shape index (κ1) is 16.0. The fourth-order valence-corrected chi connectivity index (χ4v) is 2.29. The Morgan fingerprint density at radius 3 is 2.62 bits per heavy atom. The van der Waals surface area contributed by atoms with E-state index < -0.39 is 0 Å². The highest BCUT2D eigenvalue weighted by Gasteiger charge is 2.08. The van der Waals surface area contributed by atoms with Gasteiger partial charge in [0.1, 0.15) is 12.4 Å². The summed E-state index contributed by atoms with van der Waals surface area (Å²) < 4.78 is 5.70. The highest BCUT2D eigenvalue weighted by Crippen LogP contribution is 2.28. The average Bonchev–Trinajstić information content (AvgIpc) is 2.62. The van der Waals surface area contributed by atoms with E-state index in [-0.39, 0.29) is 5.91 Å². The molecule has 120 valence electrons. The molecule has 2 aromatic carbocycles. The van der Waals surface area contributed by atoms with E-state index in [9.17, 15) is 4.79 Å². The molecular formula is C18H14ClN3O2. The van der Waals surface area contributed by atoms with Crippen molar-refractivity contribution in [3.05, 3.63) is 83.1 Å². The molecule has 0 unspecified atom stereocenters. The fourth-order valence-electron chi connectivity index (χ4n) is 2.06. The quantitative estimate of drug-likeness (QED) is 0.764. The minimum Gasteiger partial charge on any atom is -0.487 e. The lowest BCUT2D eigenvalue weighted by atomic mass is 10.2. The van der Waals surface area contributed by atoms with E-state index in [0.29, 0.717) is 28.6 Å². The first-order valence-corrected chi connectivity index (χ1v) is 7.64. The SMILES string of the molecule is O=C(Nc1ccc(OCc2ccccc2)c(Cl)c1)c1ccnnc1. The van der Waals surface area contributed by atoms with E-state index in [1.54, 1.807) is 24.3 Å². The molecule has 0 atom stereocenters. The molecule has 0 spiro atoms. The number of nitrogens with zero attached hydrogens (tertiary/aromatic N) is 2. The van der Waals surface area contributed by atoms with Gasteiger partial charge in [0.05, 0.1) is 23.0 Å². The van der Waals surface area contributed by atoms with Gasteiger partial charge in [0.15, 0.2) is 0 Å². The zero-order valence-corrected chi connectivity index (χ0v) is 13.4. The number of nitrogens with one attached hydrogen (secondary N) is 1. The second-order valence-corrected chi connectivity index (χ2v) is 5.41. The maximum absolute atomic E-state index is 12.1. The predicted molar refractivity (Wildman–Crippen MR) is 92.2 cm³/mol. The van der Waals surface area contributed by atoms with Crippen LogP contribution in [-0.4, -0.2) is 16.1 Å². The summed E-state index contributed by atoms with van der Waals surface area (Å²) in [6, 6.07) is 16.5. The largest absolute Gasteiger partial charge is 0.487 e. The number of carbonyl (C=O) groups excluding carboxylic acids is 1. The van der Waals surface area contributed by atoms with Gasteiger partial charge in [0, 0.05) is 5.69 Å². The number of anilines is 1. The first-order valence-electron chi connectivity index (χ1n) is 7.27. The Morgan fingerprint density at radius 1 is 1.08 bits per heavy atom. The lowest BCUT2D eigenvalue weighted by Crippen LogP contribution is -2.12. The molecule has 0 saturated heterocycles. The van der Waals surface area contributed by atoms with Gasteiger partial charge in [-0.1, -0.05) is 41.9 Å². The maximum atomic E-state index is 12.1. The normalized spacial score (nSPS) is 10.2. The smallest absolute Gasteiger partial charge is 0.257 e. The highest BCUT2D eigenvalue weighted by atomic mass is 35.5. The molecule has 0 saturated carbocycles. The van der Waals surface area contributed by atoms with Gasteiger partial charge in [-0.3, -0.25) is 4.79 Å². The number of ether oxygens (including phenoxy) is 1. The second kappa shape index (κ2) is 7.57. The van der Waals surface area contributed by atoms with Crippen molar-refractivity contribution in [3.63, 3.8) is 0 Å². The lowest BCUT2D eigenvalue weighted by Gasteiger charge is -2.10. The number of rotatable bonds is 5. The molecule has 0 fully saturated rings. The van der Waals surface area contributed by atoms with E-state index >= 15 is 0 Å². The van der Waals surface area contributed by atoms with Crippen LogP contribution in [0, 0.1) is 0 Å². The van der Waals surface area contributed by atoms with Crippen molar-refractivity contribution in [3.8, 4) is 5.75 Å². The molecule has 1 amide bonds. The van der Waals surface area contributed by atoms with E-state index in [1.807, 2.05) is 30.3 Å². The Balaban J connectivity index is 1.65. The number of hydrogen-bond donors (Lipinski definition) is 1. The zero-order valence-electron chi connectivity index (χ0n) is 12.6. The third kappa shape index (κ3) is 4.08. The summed E-state index contributed by atoms with van der Waals surface area (Å²) in [5, 5.41) is 10.5. The number of carbonyl (C=O) groups is 1. The summed E-state index contributed by atoms with van der Waals surface area (Å²) >= 11 is 6.23. The number of benzene rings is 2. The van der Waals surface area contributed by atoms with Crippen molar-refractivity contribution >= 4 is 23.2 Å². The van der Waals surface area contributed by atoms with Crippen LogP contribution in [0.4, 0.5) is 5.69 Å². The number of aromatic nitrogens is 2. The Kier molecular flexibility index (Phi) is 5.03. The standard InChI is InChI=1S/C18H14ClN3O2/c19-16-10-15(22-18(23)14-8-9-20-21-11-14)6-7-17(16)24-12-13-4-2-1-3-5-13/h1-11H,12H2,(H,22,23). The molecule has 0 aliphatic heterocycles. The number of halogens is 1. The molecule has 3 rings (SSSR count). The monoisotopic (exact) mass is 339 g/mol. The molecular weight excluding hydrogens is 326 g/mol. The molecule has 6 heteroatoms. The Bertz CT molecular complexity index is 826. The van der Waals surface area contributed by atoms with Gasteiger partial charge >= 0.3 is 0 Å². The van der Waals surface area contributed by atoms with E-state index in [0.717, 1.165) is 5.56 Å². The van der Waals surface area contributed by atoms with Gasteiger partial charge in [0.2, 0.25) is 0 Å². The summed E-state index contributed by atoms with van der Waals surface area (Å²) in [6.07, 6.45) is 2.86. The van der Waals surface area contributed by atoms with Gasteiger partial charge in [-0.2, -0.15) is 10.2 Å². The summed E-state index contributed by atoms with van der Waals surface area (Å²) in [5.41, 5.74) is 2.05. The summed E-state index contributed by atoms with van der Waals surface area (Å²) in [7, 11) is 0. The molecule has 1 aromatic heterocycles.